The number of nitrogens with one attached hydrogen (secondary N) is 1. The van der Waals surface area contributed by atoms with Crippen molar-refractivity contribution < 1.29 is 9.59 Å². The van der Waals surface area contributed by atoms with Crippen LogP contribution >= 0.6 is 27.3 Å². The van der Waals surface area contributed by atoms with E-state index in [1.165, 1.54) is 0 Å². The van der Waals surface area contributed by atoms with Gasteiger partial charge in [0.15, 0.2) is 0 Å². The topological polar surface area (TPSA) is 62.3 Å². The molecule has 1 saturated heterocycles. The molecular formula is C21H20BrN3O2S. The largest absolute Gasteiger partial charge is 0.333 e. The zero-order valence-corrected chi connectivity index (χ0v) is 17.6. The minimum absolute atomic E-state index is 0.0210. The van der Waals surface area contributed by atoms with Crippen LogP contribution in [0.2, 0.25) is 0 Å². The molecule has 7 heteroatoms. The minimum Gasteiger partial charge on any atom is -0.333 e. The smallest absolute Gasteiger partial charge is 0.224 e. The number of hydrogen-bond acceptors (Lipinski definition) is 4. The highest BCUT2D eigenvalue weighted by Crippen LogP contribution is 2.36. The summed E-state index contributed by atoms with van der Waals surface area (Å²) in [6.07, 6.45) is 2.29. The van der Waals surface area contributed by atoms with Crippen molar-refractivity contribution >= 4 is 55.0 Å². The van der Waals surface area contributed by atoms with Crippen molar-refractivity contribution in [3.8, 4) is 0 Å². The first-order chi connectivity index (χ1) is 13.6. The number of para-hydroxylation sites is 1. The number of benzene rings is 2. The fourth-order valence-electron chi connectivity index (χ4n) is 3.48. The highest BCUT2D eigenvalue weighted by Gasteiger charge is 2.32. The number of nitrogens with zero attached hydrogens (tertiary/aromatic N) is 2. The summed E-state index contributed by atoms with van der Waals surface area (Å²) >= 11 is 5.02. The Hall–Kier alpha value is -2.25. The molecule has 0 aliphatic carbocycles. The van der Waals surface area contributed by atoms with Gasteiger partial charge >= 0.3 is 0 Å². The monoisotopic (exact) mass is 457 g/mol. The lowest BCUT2D eigenvalue weighted by atomic mass is 10.2. The van der Waals surface area contributed by atoms with Crippen molar-refractivity contribution in [1.82, 2.24) is 9.88 Å². The van der Waals surface area contributed by atoms with E-state index in [2.05, 4.69) is 27.3 Å². The Morgan fingerprint density at radius 2 is 1.93 bits per heavy atom. The molecule has 1 unspecified atom stereocenters. The predicted octanol–water partition coefficient (Wildman–Crippen LogP) is 5.14. The van der Waals surface area contributed by atoms with Gasteiger partial charge in [-0.15, -0.1) is 11.3 Å². The van der Waals surface area contributed by atoms with Gasteiger partial charge in [0.25, 0.3) is 0 Å². The lowest BCUT2D eigenvalue weighted by Crippen LogP contribution is -2.31. The molecule has 144 valence electrons. The van der Waals surface area contributed by atoms with Gasteiger partial charge in [-0.1, -0.05) is 28.1 Å². The number of amides is 2. The van der Waals surface area contributed by atoms with Gasteiger partial charge in [-0.2, -0.15) is 0 Å². The van der Waals surface area contributed by atoms with Crippen LogP contribution in [0.3, 0.4) is 0 Å². The van der Waals surface area contributed by atoms with Crippen LogP contribution in [0.1, 0.15) is 36.7 Å². The first-order valence-electron chi connectivity index (χ1n) is 9.30. The lowest BCUT2D eigenvalue weighted by Gasteiger charge is -2.23. The molecule has 2 heterocycles. The number of fused-ring (bicyclic) bond motifs is 1. The highest BCUT2D eigenvalue weighted by molar-refractivity contribution is 9.10. The van der Waals surface area contributed by atoms with E-state index in [1.807, 2.05) is 47.4 Å². The molecule has 0 bridgehead atoms. The Morgan fingerprint density at radius 1 is 1.14 bits per heavy atom. The summed E-state index contributed by atoms with van der Waals surface area (Å²) in [6.45, 7) is 0.730. The van der Waals surface area contributed by atoms with Crippen LogP contribution in [-0.2, 0) is 9.59 Å². The average molecular weight is 458 g/mol. The lowest BCUT2D eigenvalue weighted by molar-refractivity contribution is -0.133. The molecule has 2 amide bonds. The Labute approximate surface area is 175 Å². The summed E-state index contributed by atoms with van der Waals surface area (Å²) in [5.74, 6) is -0.126. The van der Waals surface area contributed by atoms with Gasteiger partial charge in [0, 0.05) is 29.5 Å². The third kappa shape index (κ3) is 4.25. The molecule has 4 rings (SSSR count). The normalized spacial score (nSPS) is 16.5. The molecule has 28 heavy (non-hydrogen) atoms. The second-order valence-electron chi connectivity index (χ2n) is 6.82. The molecule has 0 saturated carbocycles. The summed E-state index contributed by atoms with van der Waals surface area (Å²) in [5.41, 5.74) is 1.71. The standard InChI is InChI=1S/C21H20BrN3O2S/c22-14-7-9-15(10-8-14)23-19(26)11-12-20(27)25-13-3-5-17(25)21-24-16-4-1-2-6-18(16)28-21/h1-2,4,6-10,17H,3,5,11-13H2,(H,23,26). The maximum Gasteiger partial charge on any atom is 0.224 e. The molecule has 5 nitrogen and oxygen atoms in total. The number of anilines is 1. The number of aromatic nitrogens is 1. The molecule has 0 radical (unpaired) electrons. The molecule has 0 spiro atoms. The van der Waals surface area contributed by atoms with Crippen LogP contribution in [0.25, 0.3) is 10.2 Å². The van der Waals surface area contributed by atoms with Gasteiger partial charge in [-0.3, -0.25) is 9.59 Å². The number of hydrogen-bond donors (Lipinski definition) is 1. The highest BCUT2D eigenvalue weighted by atomic mass is 79.9. The molecule has 1 atom stereocenters. The van der Waals surface area contributed by atoms with Gasteiger partial charge in [0.05, 0.1) is 16.3 Å². The van der Waals surface area contributed by atoms with Crippen LogP contribution in [0.5, 0.6) is 0 Å². The Kier molecular flexibility index (Phi) is 5.73. The van der Waals surface area contributed by atoms with Crippen LogP contribution in [0.15, 0.2) is 53.0 Å². The molecule has 1 aromatic heterocycles. The fraction of sp³-hybridized carbons (Fsp3) is 0.286. The van der Waals surface area contributed by atoms with Crippen LogP contribution < -0.4 is 5.32 Å². The van der Waals surface area contributed by atoms with E-state index in [4.69, 9.17) is 4.98 Å². The molecule has 1 aliphatic rings. The number of carbonyl (C=O) groups is 2. The van der Waals surface area contributed by atoms with Gasteiger partial charge < -0.3 is 10.2 Å². The van der Waals surface area contributed by atoms with E-state index in [0.29, 0.717) is 0 Å². The first-order valence-corrected chi connectivity index (χ1v) is 10.9. The van der Waals surface area contributed by atoms with E-state index in [-0.39, 0.29) is 30.7 Å². The van der Waals surface area contributed by atoms with Crippen LogP contribution in [0.4, 0.5) is 5.69 Å². The summed E-state index contributed by atoms with van der Waals surface area (Å²) in [5, 5.41) is 3.83. The second-order valence-corrected chi connectivity index (χ2v) is 8.80. The van der Waals surface area contributed by atoms with Gasteiger partial charge in [0.2, 0.25) is 11.8 Å². The van der Waals surface area contributed by atoms with Crippen LogP contribution in [-0.4, -0.2) is 28.2 Å². The molecule has 2 aromatic carbocycles. The van der Waals surface area contributed by atoms with Crippen LogP contribution in [0, 0.1) is 0 Å². The first kappa shape index (κ1) is 19.1. The van der Waals surface area contributed by atoms with Crippen molar-refractivity contribution in [2.45, 2.75) is 31.7 Å². The van der Waals surface area contributed by atoms with E-state index >= 15 is 0 Å². The van der Waals surface area contributed by atoms with E-state index in [0.717, 1.165) is 44.8 Å². The summed E-state index contributed by atoms with van der Waals surface area (Å²) in [6, 6.07) is 15.5. The Morgan fingerprint density at radius 3 is 2.71 bits per heavy atom. The summed E-state index contributed by atoms with van der Waals surface area (Å²) in [4.78, 5) is 31.6. The van der Waals surface area contributed by atoms with E-state index < -0.39 is 0 Å². The molecule has 1 fully saturated rings. The van der Waals surface area contributed by atoms with Gasteiger partial charge in [-0.05, 0) is 49.2 Å². The van der Waals surface area contributed by atoms with Crippen molar-refractivity contribution in [2.24, 2.45) is 0 Å². The Balaban J connectivity index is 1.36. The molecule has 1 N–H and O–H groups in total. The molecule has 1 aliphatic heterocycles. The number of carbonyl (C=O) groups excluding carboxylic acids is 2. The fourth-order valence-corrected chi connectivity index (χ4v) is 4.85. The maximum atomic E-state index is 12.8. The third-order valence-corrected chi connectivity index (χ3v) is 6.53. The van der Waals surface area contributed by atoms with Crippen molar-refractivity contribution in [3.05, 3.63) is 58.0 Å². The van der Waals surface area contributed by atoms with Crippen molar-refractivity contribution in [3.63, 3.8) is 0 Å². The second kappa shape index (κ2) is 8.41. The number of halogens is 1. The summed E-state index contributed by atoms with van der Waals surface area (Å²) in [7, 11) is 0. The zero-order valence-electron chi connectivity index (χ0n) is 15.2. The maximum absolute atomic E-state index is 12.8. The number of likely N-dealkylation sites (tertiary alicyclic amines) is 1. The Bertz CT molecular complexity index is 969. The molecule has 3 aromatic rings. The van der Waals surface area contributed by atoms with E-state index in [9.17, 15) is 9.59 Å². The number of rotatable bonds is 5. The SMILES string of the molecule is O=C(CCC(=O)N1CCCC1c1nc2ccccc2s1)Nc1ccc(Br)cc1. The quantitative estimate of drug-likeness (QED) is 0.576. The predicted molar refractivity (Wildman–Crippen MR) is 115 cm³/mol. The van der Waals surface area contributed by atoms with E-state index in [1.54, 1.807) is 11.3 Å². The van der Waals surface area contributed by atoms with Crippen molar-refractivity contribution in [1.29, 1.82) is 0 Å². The molecular weight excluding hydrogens is 438 g/mol. The third-order valence-electron chi connectivity index (χ3n) is 4.86. The number of thiazole rings is 1. The summed E-state index contributed by atoms with van der Waals surface area (Å²) < 4.78 is 2.10. The zero-order chi connectivity index (χ0) is 19.5. The van der Waals surface area contributed by atoms with Gasteiger partial charge in [0.1, 0.15) is 5.01 Å². The minimum atomic E-state index is -0.147. The van der Waals surface area contributed by atoms with Crippen molar-refractivity contribution in [2.75, 3.05) is 11.9 Å². The van der Waals surface area contributed by atoms with Gasteiger partial charge in [-0.25, -0.2) is 4.98 Å². The average Bonchev–Trinajstić information content (AvgIpc) is 3.34.